The minimum atomic E-state index is -0.754. The highest BCUT2D eigenvalue weighted by molar-refractivity contribution is 6.14. The van der Waals surface area contributed by atoms with E-state index in [2.05, 4.69) is 0 Å². The van der Waals surface area contributed by atoms with Gasteiger partial charge in [-0.15, -0.1) is 0 Å². The third kappa shape index (κ3) is 3.71. The van der Waals surface area contributed by atoms with E-state index >= 15 is 0 Å². The Hall–Kier alpha value is -3.74. The van der Waals surface area contributed by atoms with E-state index in [1.807, 2.05) is 66.2 Å². The summed E-state index contributed by atoms with van der Waals surface area (Å²) in [6, 6.07) is 17.2. The maximum absolute atomic E-state index is 13.3. The van der Waals surface area contributed by atoms with Crippen LogP contribution in [0.5, 0.6) is 0 Å². The molecule has 2 fully saturated rings. The molecule has 7 heteroatoms. The number of Topliss-reactive ketones (excluding diaryl/α,β-unsaturated/α-hetero) is 1. The normalized spacial score (nSPS) is 20.0. The number of rotatable bonds is 6. The number of hydrogen-bond donors (Lipinski definition) is 0. The van der Waals surface area contributed by atoms with Crippen LogP contribution in [0.1, 0.15) is 36.0 Å². The number of para-hydroxylation sites is 1. The van der Waals surface area contributed by atoms with Crippen molar-refractivity contribution < 1.29 is 23.9 Å². The average molecular weight is 459 g/mol. The van der Waals surface area contributed by atoms with Gasteiger partial charge in [0.25, 0.3) is 0 Å². The van der Waals surface area contributed by atoms with Crippen LogP contribution in [-0.2, 0) is 26.2 Å². The molecule has 0 radical (unpaired) electrons. The van der Waals surface area contributed by atoms with E-state index < -0.39 is 19.1 Å². The number of nitrogens with zero attached hydrogens (tertiary/aromatic N) is 2. The average Bonchev–Trinajstić information content (AvgIpc) is 3.30. The minimum Gasteiger partial charge on any atom is -0.456 e. The Morgan fingerprint density at radius 2 is 1.53 bits per heavy atom. The quantitative estimate of drug-likeness (QED) is 0.319. The van der Waals surface area contributed by atoms with E-state index in [1.54, 1.807) is 0 Å². The first-order chi connectivity index (χ1) is 16.5. The van der Waals surface area contributed by atoms with Crippen molar-refractivity contribution in [3.8, 4) is 11.3 Å². The van der Waals surface area contributed by atoms with Crippen molar-refractivity contribution in [1.82, 2.24) is 9.47 Å². The Kier molecular flexibility index (Phi) is 5.77. The first-order valence-corrected chi connectivity index (χ1v) is 11.6. The van der Waals surface area contributed by atoms with E-state index in [4.69, 9.17) is 4.74 Å². The van der Waals surface area contributed by atoms with Crippen molar-refractivity contribution in [2.45, 2.75) is 25.7 Å². The molecule has 5 rings (SSSR count). The van der Waals surface area contributed by atoms with Gasteiger partial charge in [0.05, 0.1) is 23.1 Å². The van der Waals surface area contributed by atoms with E-state index in [0.717, 1.165) is 39.9 Å². The van der Waals surface area contributed by atoms with Gasteiger partial charge in [-0.3, -0.25) is 24.1 Å². The molecular formula is C27H26N2O5. The zero-order chi connectivity index (χ0) is 23.8. The predicted octanol–water partition coefficient (Wildman–Crippen LogP) is 3.75. The lowest BCUT2D eigenvalue weighted by atomic mass is 9.81. The van der Waals surface area contributed by atoms with Crippen molar-refractivity contribution in [2.75, 3.05) is 13.2 Å². The zero-order valence-electron chi connectivity index (χ0n) is 19.0. The summed E-state index contributed by atoms with van der Waals surface area (Å²) in [5, 5.41) is 0.777. The van der Waals surface area contributed by atoms with Crippen molar-refractivity contribution in [1.29, 1.82) is 0 Å². The molecule has 174 valence electrons. The number of aryl methyl sites for hydroxylation is 1. The number of ketones is 1. The van der Waals surface area contributed by atoms with Crippen LogP contribution in [0.15, 0.2) is 54.6 Å². The lowest BCUT2D eigenvalue weighted by Gasteiger charge is -2.19. The Labute approximate surface area is 197 Å². The minimum absolute atomic E-state index is 0.293. The molecule has 3 aromatic rings. The fraction of sp³-hybridized carbons (Fsp3) is 0.333. The van der Waals surface area contributed by atoms with Crippen LogP contribution in [0.2, 0.25) is 0 Å². The maximum atomic E-state index is 13.3. The van der Waals surface area contributed by atoms with Gasteiger partial charge < -0.3 is 9.30 Å². The van der Waals surface area contributed by atoms with Crippen molar-refractivity contribution in [3.05, 3.63) is 60.2 Å². The molecule has 1 saturated heterocycles. The second kappa shape index (κ2) is 8.89. The number of fused-ring (bicyclic) bond motifs is 2. The van der Waals surface area contributed by atoms with Crippen molar-refractivity contribution in [3.63, 3.8) is 0 Å². The molecule has 0 bridgehead atoms. The molecule has 1 aliphatic carbocycles. The molecule has 34 heavy (non-hydrogen) atoms. The van der Waals surface area contributed by atoms with E-state index in [9.17, 15) is 19.2 Å². The summed E-state index contributed by atoms with van der Waals surface area (Å²) < 4.78 is 7.24. The first kappa shape index (κ1) is 22.1. The Bertz CT molecular complexity index is 1270. The number of amides is 2. The van der Waals surface area contributed by atoms with Gasteiger partial charge in [-0.25, -0.2) is 0 Å². The molecule has 7 nitrogen and oxygen atoms in total. The molecule has 0 N–H and O–H groups in total. The third-order valence-electron chi connectivity index (χ3n) is 7.02. The Balaban J connectivity index is 1.34. The van der Waals surface area contributed by atoms with Crippen LogP contribution >= 0.6 is 0 Å². The number of benzene rings is 2. The predicted molar refractivity (Wildman–Crippen MR) is 126 cm³/mol. The number of ether oxygens (including phenoxy) is 1. The van der Waals surface area contributed by atoms with Gasteiger partial charge in [0.1, 0.15) is 6.54 Å². The third-order valence-corrected chi connectivity index (χ3v) is 7.02. The molecule has 0 spiro atoms. The zero-order valence-corrected chi connectivity index (χ0v) is 19.0. The van der Waals surface area contributed by atoms with Crippen LogP contribution in [0.25, 0.3) is 22.2 Å². The molecule has 2 aliphatic rings. The lowest BCUT2D eigenvalue weighted by Crippen LogP contribution is -2.37. The molecule has 1 aromatic heterocycles. The van der Waals surface area contributed by atoms with Gasteiger partial charge in [-0.05, 0) is 24.5 Å². The van der Waals surface area contributed by atoms with Gasteiger partial charge in [0.15, 0.2) is 6.61 Å². The molecular weight excluding hydrogens is 432 g/mol. The molecule has 2 heterocycles. The lowest BCUT2D eigenvalue weighted by molar-refractivity contribution is -0.152. The SMILES string of the molecule is Cn1c(-c2ccccc2)c(C(=O)COC(=O)CN2C(=O)[C@H]3CCCC[C@@H]3C2=O)c2ccccc21. The van der Waals surface area contributed by atoms with E-state index in [-0.39, 0.29) is 29.4 Å². The number of aromatic nitrogens is 1. The van der Waals surface area contributed by atoms with E-state index in [1.165, 1.54) is 0 Å². The Morgan fingerprint density at radius 1 is 0.912 bits per heavy atom. The molecule has 1 aliphatic heterocycles. The van der Waals surface area contributed by atoms with Crippen LogP contribution in [0.4, 0.5) is 0 Å². The summed E-state index contributed by atoms with van der Waals surface area (Å²) in [5.41, 5.74) is 3.01. The fourth-order valence-corrected chi connectivity index (χ4v) is 5.39. The summed E-state index contributed by atoms with van der Waals surface area (Å²) in [7, 11) is 1.90. The van der Waals surface area contributed by atoms with Gasteiger partial charge >= 0.3 is 5.97 Å². The monoisotopic (exact) mass is 458 g/mol. The van der Waals surface area contributed by atoms with Gasteiger partial charge in [0, 0.05) is 18.0 Å². The topological polar surface area (TPSA) is 85.7 Å². The van der Waals surface area contributed by atoms with Crippen molar-refractivity contribution >= 4 is 34.5 Å². The number of esters is 1. The number of imide groups is 1. The van der Waals surface area contributed by atoms with Gasteiger partial charge in [-0.2, -0.15) is 0 Å². The highest BCUT2D eigenvalue weighted by Gasteiger charge is 2.48. The molecule has 1 saturated carbocycles. The molecule has 2 aromatic carbocycles. The molecule has 2 amide bonds. The fourth-order valence-electron chi connectivity index (χ4n) is 5.39. The second-order valence-electron chi connectivity index (χ2n) is 9.01. The summed E-state index contributed by atoms with van der Waals surface area (Å²) in [6.07, 6.45) is 3.20. The highest BCUT2D eigenvalue weighted by Crippen LogP contribution is 2.38. The number of carbonyl (C=O) groups excluding carboxylic acids is 4. The standard InChI is InChI=1S/C27H26N2O5/c1-28-21-14-8-7-13-20(21)24(25(28)17-9-3-2-4-10-17)22(30)16-34-23(31)15-29-26(32)18-11-5-6-12-19(18)27(29)33/h2-4,7-10,13-14,18-19H,5-6,11-12,15-16H2,1H3/t18-,19-/m0/s1. The Morgan fingerprint density at radius 3 is 2.21 bits per heavy atom. The number of likely N-dealkylation sites (tertiary alicyclic amines) is 1. The maximum Gasteiger partial charge on any atom is 0.326 e. The smallest absolute Gasteiger partial charge is 0.326 e. The summed E-state index contributed by atoms with van der Waals surface area (Å²) in [4.78, 5) is 52.1. The summed E-state index contributed by atoms with van der Waals surface area (Å²) >= 11 is 0. The summed E-state index contributed by atoms with van der Waals surface area (Å²) in [5.74, 6) is -2.32. The van der Waals surface area contributed by atoms with Crippen LogP contribution < -0.4 is 0 Å². The number of carbonyl (C=O) groups is 4. The van der Waals surface area contributed by atoms with Gasteiger partial charge in [-0.1, -0.05) is 61.4 Å². The van der Waals surface area contributed by atoms with Crippen LogP contribution in [0, 0.1) is 11.8 Å². The second-order valence-corrected chi connectivity index (χ2v) is 9.01. The van der Waals surface area contributed by atoms with Crippen LogP contribution in [0.3, 0.4) is 0 Å². The largest absolute Gasteiger partial charge is 0.456 e. The summed E-state index contributed by atoms with van der Waals surface area (Å²) in [6.45, 7) is -0.908. The van der Waals surface area contributed by atoms with E-state index in [0.29, 0.717) is 18.4 Å². The highest BCUT2D eigenvalue weighted by atomic mass is 16.5. The van der Waals surface area contributed by atoms with Gasteiger partial charge in [0.2, 0.25) is 17.6 Å². The molecule has 2 atom stereocenters. The van der Waals surface area contributed by atoms with Crippen LogP contribution in [-0.4, -0.2) is 46.2 Å². The van der Waals surface area contributed by atoms with Crippen molar-refractivity contribution in [2.24, 2.45) is 18.9 Å². The number of hydrogen-bond acceptors (Lipinski definition) is 5. The molecule has 0 unspecified atom stereocenters. The first-order valence-electron chi connectivity index (χ1n) is 11.6.